The van der Waals surface area contributed by atoms with Gasteiger partial charge in [-0.25, -0.2) is 0 Å². The molecule has 2 saturated carbocycles. The lowest BCUT2D eigenvalue weighted by molar-refractivity contribution is 0.0598. The predicted octanol–water partition coefficient (Wildman–Crippen LogP) is 4.93. The summed E-state index contributed by atoms with van der Waals surface area (Å²) < 4.78 is 0. The molecule has 4 unspecified atom stereocenters. The van der Waals surface area contributed by atoms with Crippen molar-refractivity contribution in [3.8, 4) is 0 Å². The largest absolute Gasteiger partial charge is 0.0620 e. The number of rotatable bonds is 0. The normalized spacial score (nSPS) is 41.9. The summed E-state index contributed by atoms with van der Waals surface area (Å²) in [6.07, 6.45) is 10.2. The van der Waals surface area contributed by atoms with E-state index in [0.717, 1.165) is 17.8 Å². The number of hydrogen-bond donors (Lipinski definition) is 0. The van der Waals surface area contributed by atoms with Gasteiger partial charge in [-0.05, 0) is 72.8 Å². The summed E-state index contributed by atoms with van der Waals surface area (Å²) in [5, 5.41) is 0. The monoisotopic (exact) mass is 240 g/mol. The maximum Gasteiger partial charge on any atom is -0.0128 e. The second-order valence-corrected chi connectivity index (χ2v) is 7.20. The Balaban J connectivity index is 1.73. The van der Waals surface area contributed by atoms with Crippen LogP contribution >= 0.6 is 0 Å². The summed E-state index contributed by atoms with van der Waals surface area (Å²) >= 11 is 0. The van der Waals surface area contributed by atoms with Crippen molar-refractivity contribution in [2.24, 2.45) is 17.3 Å². The SMILES string of the molecule is CC12CCCC1C1CCc3ccccc3C1CC2. The van der Waals surface area contributed by atoms with Crippen molar-refractivity contribution in [1.82, 2.24) is 0 Å². The molecule has 96 valence electrons. The van der Waals surface area contributed by atoms with Crippen LogP contribution in [0.4, 0.5) is 0 Å². The van der Waals surface area contributed by atoms with E-state index in [4.69, 9.17) is 0 Å². The van der Waals surface area contributed by atoms with Gasteiger partial charge in [-0.3, -0.25) is 0 Å². The summed E-state index contributed by atoms with van der Waals surface area (Å²) in [4.78, 5) is 0. The Morgan fingerprint density at radius 3 is 2.89 bits per heavy atom. The van der Waals surface area contributed by atoms with Crippen LogP contribution in [-0.4, -0.2) is 0 Å². The van der Waals surface area contributed by atoms with Crippen LogP contribution in [0.5, 0.6) is 0 Å². The van der Waals surface area contributed by atoms with E-state index in [1.54, 1.807) is 11.1 Å². The molecule has 2 fully saturated rings. The fourth-order valence-corrected chi connectivity index (χ4v) is 5.51. The lowest BCUT2D eigenvalue weighted by atomic mass is 9.56. The molecule has 0 saturated heterocycles. The summed E-state index contributed by atoms with van der Waals surface area (Å²) in [7, 11) is 0. The highest BCUT2D eigenvalue weighted by Crippen LogP contribution is 2.60. The predicted molar refractivity (Wildman–Crippen MR) is 75.7 cm³/mol. The summed E-state index contributed by atoms with van der Waals surface area (Å²) in [6, 6.07) is 9.27. The Hall–Kier alpha value is -0.780. The third-order valence-electron chi connectivity index (χ3n) is 6.42. The quantitative estimate of drug-likeness (QED) is 0.603. The number of hydrogen-bond acceptors (Lipinski definition) is 0. The van der Waals surface area contributed by atoms with Crippen molar-refractivity contribution >= 4 is 0 Å². The molecular formula is C18H24. The highest BCUT2D eigenvalue weighted by molar-refractivity contribution is 5.34. The van der Waals surface area contributed by atoms with Crippen molar-refractivity contribution in [1.29, 1.82) is 0 Å². The molecule has 0 aromatic heterocycles. The van der Waals surface area contributed by atoms with Crippen LogP contribution in [0, 0.1) is 17.3 Å². The molecule has 4 rings (SSSR count). The molecule has 1 aromatic rings. The third kappa shape index (κ3) is 1.44. The van der Waals surface area contributed by atoms with Gasteiger partial charge in [0.15, 0.2) is 0 Å². The molecule has 0 amide bonds. The maximum absolute atomic E-state index is 2.58. The third-order valence-corrected chi connectivity index (χ3v) is 6.42. The van der Waals surface area contributed by atoms with Gasteiger partial charge in [0.25, 0.3) is 0 Å². The average molecular weight is 240 g/mol. The van der Waals surface area contributed by atoms with Crippen LogP contribution in [0.1, 0.15) is 62.5 Å². The number of aryl methyl sites for hydroxylation is 1. The van der Waals surface area contributed by atoms with E-state index in [1.807, 2.05) is 0 Å². The molecule has 0 aliphatic heterocycles. The standard InChI is InChI=1S/C18H24/c1-18-11-4-7-17(18)16-9-8-13-5-2-3-6-14(13)15(16)10-12-18/h2-3,5-6,15-17H,4,7-12H2,1H3. The van der Waals surface area contributed by atoms with Gasteiger partial charge >= 0.3 is 0 Å². The van der Waals surface area contributed by atoms with Crippen LogP contribution in [0.15, 0.2) is 24.3 Å². The van der Waals surface area contributed by atoms with E-state index in [9.17, 15) is 0 Å². The van der Waals surface area contributed by atoms with Gasteiger partial charge in [0.2, 0.25) is 0 Å². The fourth-order valence-electron chi connectivity index (χ4n) is 5.51. The van der Waals surface area contributed by atoms with Crippen molar-refractivity contribution in [2.45, 2.75) is 57.8 Å². The van der Waals surface area contributed by atoms with Crippen molar-refractivity contribution in [3.63, 3.8) is 0 Å². The lowest BCUT2D eigenvalue weighted by Gasteiger charge is -2.49. The maximum atomic E-state index is 2.58. The number of benzene rings is 1. The van der Waals surface area contributed by atoms with Gasteiger partial charge in [-0.2, -0.15) is 0 Å². The molecule has 1 aromatic carbocycles. The van der Waals surface area contributed by atoms with Crippen LogP contribution in [-0.2, 0) is 6.42 Å². The molecule has 0 heteroatoms. The zero-order valence-electron chi connectivity index (χ0n) is 11.5. The zero-order chi connectivity index (χ0) is 12.2. The first-order valence-corrected chi connectivity index (χ1v) is 7.86. The molecule has 3 aliphatic carbocycles. The van der Waals surface area contributed by atoms with Gasteiger partial charge in [0, 0.05) is 0 Å². The molecule has 0 bridgehead atoms. The van der Waals surface area contributed by atoms with Crippen LogP contribution in [0.2, 0.25) is 0 Å². The Labute approximate surface area is 111 Å². The summed E-state index contributed by atoms with van der Waals surface area (Å²) in [5.74, 6) is 2.93. The molecule has 3 aliphatic rings. The molecular weight excluding hydrogens is 216 g/mol. The van der Waals surface area contributed by atoms with Crippen molar-refractivity contribution in [3.05, 3.63) is 35.4 Å². The first kappa shape index (κ1) is 11.1. The first-order valence-electron chi connectivity index (χ1n) is 7.86. The average Bonchev–Trinajstić information content (AvgIpc) is 2.80. The minimum absolute atomic E-state index is 0.702. The minimum atomic E-state index is 0.702. The van der Waals surface area contributed by atoms with Crippen LogP contribution < -0.4 is 0 Å². The van der Waals surface area contributed by atoms with Gasteiger partial charge in [0.1, 0.15) is 0 Å². The smallest absolute Gasteiger partial charge is 0.0128 e. The van der Waals surface area contributed by atoms with Gasteiger partial charge in [-0.15, -0.1) is 0 Å². The molecule has 0 radical (unpaired) electrons. The summed E-state index contributed by atoms with van der Waals surface area (Å²) in [5.41, 5.74) is 4.07. The lowest BCUT2D eigenvalue weighted by Crippen LogP contribution is -2.39. The van der Waals surface area contributed by atoms with Crippen molar-refractivity contribution in [2.75, 3.05) is 0 Å². The Kier molecular flexibility index (Phi) is 2.37. The van der Waals surface area contributed by atoms with Crippen LogP contribution in [0.25, 0.3) is 0 Å². The fraction of sp³-hybridized carbons (Fsp3) is 0.667. The Bertz CT molecular complexity index is 461. The van der Waals surface area contributed by atoms with E-state index in [0.29, 0.717) is 5.41 Å². The molecule has 0 nitrogen and oxygen atoms in total. The molecule has 0 N–H and O–H groups in total. The molecule has 18 heavy (non-hydrogen) atoms. The molecule has 4 atom stereocenters. The van der Waals surface area contributed by atoms with Gasteiger partial charge in [0.05, 0.1) is 0 Å². The first-order chi connectivity index (χ1) is 8.78. The second kappa shape index (κ2) is 3.85. The number of fused-ring (bicyclic) bond motifs is 5. The Morgan fingerprint density at radius 1 is 1.06 bits per heavy atom. The van der Waals surface area contributed by atoms with Crippen LogP contribution in [0.3, 0.4) is 0 Å². The van der Waals surface area contributed by atoms with E-state index in [-0.39, 0.29) is 0 Å². The zero-order valence-corrected chi connectivity index (χ0v) is 11.5. The minimum Gasteiger partial charge on any atom is -0.0620 e. The summed E-state index contributed by atoms with van der Waals surface area (Å²) in [6.45, 7) is 2.58. The topological polar surface area (TPSA) is 0 Å². The molecule has 0 spiro atoms. The highest BCUT2D eigenvalue weighted by Gasteiger charge is 2.49. The van der Waals surface area contributed by atoms with E-state index in [2.05, 4.69) is 31.2 Å². The van der Waals surface area contributed by atoms with E-state index < -0.39 is 0 Å². The van der Waals surface area contributed by atoms with Crippen molar-refractivity contribution < 1.29 is 0 Å². The van der Waals surface area contributed by atoms with Gasteiger partial charge < -0.3 is 0 Å². The second-order valence-electron chi connectivity index (χ2n) is 7.20. The highest BCUT2D eigenvalue weighted by atomic mass is 14.5. The Morgan fingerprint density at radius 2 is 1.94 bits per heavy atom. The molecule has 0 heterocycles. The van der Waals surface area contributed by atoms with E-state index >= 15 is 0 Å². The van der Waals surface area contributed by atoms with E-state index in [1.165, 1.54) is 44.9 Å². The van der Waals surface area contributed by atoms with Gasteiger partial charge in [-0.1, -0.05) is 37.6 Å².